The molecule has 0 bridgehead atoms. The number of rotatable bonds is 8. The monoisotopic (exact) mass is 285 g/mol. The summed E-state index contributed by atoms with van der Waals surface area (Å²) in [6, 6.07) is 4.82. The average Bonchev–Trinajstić information content (AvgIpc) is 2.38. The lowest BCUT2D eigenvalue weighted by Gasteiger charge is -2.27. The summed E-state index contributed by atoms with van der Waals surface area (Å²) in [5.41, 5.74) is 0.673. The summed E-state index contributed by atoms with van der Waals surface area (Å²) >= 11 is 0. The summed E-state index contributed by atoms with van der Waals surface area (Å²) in [6.45, 7) is 5.06. The molecule has 1 rings (SSSR count). The first-order valence-electron chi connectivity index (χ1n) is 6.41. The molecule has 0 spiro atoms. The number of ether oxygens (including phenoxy) is 1. The molecule has 0 unspecified atom stereocenters. The molecule has 1 aromatic rings. The molecule has 20 heavy (non-hydrogen) atoms. The fraction of sp³-hybridized carbons (Fsp3) is 0.538. The summed E-state index contributed by atoms with van der Waals surface area (Å²) in [4.78, 5) is 21.5. The van der Waals surface area contributed by atoms with Crippen LogP contribution in [0, 0.1) is 10.1 Å². The van der Waals surface area contributed by atoms with Crippen molar-refractivity contribution in [3.05, 3.63) is 33.9 Å². The van der Waals surface area contributed by atoms with Gasteiger partial charge in [0.05, 0.1) is 12.0 Å². The summed E-state index contributed by atoms with van der Waals surface area (Å²) in [7, 11) is 3.17. The van der Waals surface area contributed by atoms with E-state index in [1.54, 1.807) is 19.2 Å². The minimum atomic E-state index is -0.464. The predicted molar refractivity (Wildman–Crippen MR) is 72.8 cm³/mol. The lowest BCUT2D eigenvalue weighted by Crippen LogP contribution is -2.43. The molecule has 0 heterocycles. The summed E-state index contributed by atoms with van der Waals surface area (Å²) in [5.74, 6) is 0.237. The standard InChI is InChI=1S/C13H21N2O5/c1-5-19-15(3,20-6-2)10-11-7-8-13(18-4)12(9-11)14(16)17/h7-9H,5-6,10H2,1-4H3/q+1. The van der Waals surface area contributed by atoms with Gasteiger partial charge in [-0.05, 0) is 30.8 Å². The Hall–Kier alpha value is -1.70. The Labute approximate surface area is 118 Å². The maximum absolute atomic E-state index is 11.0. The van der Waals surface area contributed by atoms with Crippen molar-refractivity contribution in [2.75, 3.05) is 27.4 Å². The van der Waals surface area contributed by atoms with E-state index in [0.717, 1.165) is 5.56 Å². The smallest absolute Gasteiger partial charge is 0.311 e. The third-order valence-corrected chi connectivity index (χ3v) is 2.71. The molecule has 7 heteroatoms. The van der Waals surface area contributed by atoms with Gasteiger partial charge in [-0.3, -0.25) is 10.1 Å². The van der Waals surface area contributed by atoms with Gasteiger partial charge in [-0.25, -0.2) is 0 Å². The van der Waals surface area contributed by atoms with Crippen LogP contribution in [0.25, 0.3) is 0 Å². The number of quaternary nitrogens is 1. The summed E-state index contributed by atoms with van der Waals surface area (Å²) in [5, 5.41) is 11.0. The van der Waals surface area contributed by atoms with Gasteiger partial charge in [-0.15, -0.1) is 0 Å². The van der Waals surface area contributed by atoms with Gasteiger partial charge in [0.15, 0.2) is 12.3 Å². The Balaban J connectivity index is 3.01. The molecule has 0 fully saturated rings. The van der Waals surface area contributed by atoms with Crippen molar-refractivity contribution in [1.82, 2.24) is 0 Å². The van der Waals surface area contributed by atoms with Gasteiger partial charge >= 0.3 is 5.69 Å². The van der Waals surface area contributed by atoms with E-state index in [-0.39, 0.29) is 16.2 Å². The maximum Gasteiger partial charge on any atom is 0.311 e. The Morgan fingerprint density at radius 1 is 1.25 bits per heavy atom. The SMILES string of the molecule is CCO[N+](C)(Cc1ccc(OC)c([N+](=O)[O-])c1)OCC. The first-order chi connectivity index (χ1) is 9.45. The van der Waals surface area contributed by atoms with Crippen molar-refractivity contribution in [2.24, 2.45) is 0 Å². The van der Waals surface area contributed by atoms with Crippen LogP contribution >= 0.6 is 0 Å². The number of nitrogens with zero attached hydrogens (tertiary/aromatic N) is 2. The Kier molecular flexibility index (Phi) is 5.87. The van der Waals surface area contributed by atoms with Crippen LogP contribution in [0.15, 0.2) is 18.2 Å². The van der Waals surface area contributed by atoms with Crippen LogP contribution in [0.2, 0.25) is 0 Å². The highest BCUT2D eigenvalue weighted by molar-refractivity contribution is 5.48. The largest absolute Gasteiger partial charge is 0.490 e. The van der Waals surface area contributed by atoms with Crippen molar-refractivity contribution < 1.29 is 24.1 Å². The van der Waals surface area contributed by atoms with Crippen LogP contribution in [-0.2, 0) is 16.2 Å². The summed E-state index contributed by atoms with van der Waals surface area (Å²) < 4.78 is 4.98. The Morgan fingerprint density at radius 2 is 1.85 bits per heavy atom. The average molecular weight is 285 g/mol. The van der Waals surface area contributed by atoms with Gasteiger partial charge in [0, 0.05) is 11.6 Å². The third-order valence-electron chi connectivity index (χ3n) is 2.71. The van der Waals surface area contributed by atoms with Crippen LogP contribution in [0.4, 0.5) is 5.69 Å². The van der Waals surface area contributed by atoms with Gasteiger partial charge in [0.1, 0.15) is 20.3 Å². The molecule has 0 aliphatic heterocycles. The molecule has 112 valence electrons. The van der Waals surface area contributed by atoms with E-state index in [9.17, 15) is 10.1 Å². The second-order valence-electron chi connectivity index (χ2n) is 4.27. The molecule has 0 N–H and O–H groups in total. The van der Waals surface area contributed by atoms with Crippen molar-refractivity contribution in [3.8, 4) is 5.75 Å². The lowest BCUT2D eigenvalue weighted by molar-refractivity contribution is -1.24. The number of hydrogen-bond donors (Lipinski definition) is 0. The fourth-order valence-electron chi connectivity index (χ4n) is 1.98. The van der Waals surface area contributed by atoms with E-state index in [2.05, 4.69) is 0 Å². The molecule has 0 aliphatic carbocycles. The molecule has 0 radical (unpaired) electrons. The minimum absolute atomic E-state index is 0.0652. The molecule has 1 aromatic carbocycles. The second-order valence-corrected chi connectivity index (χ2v) is 4.27. The van der Waals surface area contributed by atoms with Crippen molar-refractivity contribution in [3.63, 3.8) is 0 Å². The molecular formula is C13H21N2O5+. The zero-order valence-electron chi connectivity index (χ0n) is 12.3. The highest BCUT2D eigenvalue weighted by Gasteiger charge is 2.27. The van der Waals surface area contributed by atoms with Crippen molar-refractivity contribution in [1.29, 1.82) is 0 Å². The molecule has 0 aromatic heterocycles. The van der Waals surface area contributed by atoms with Crippen LogP contribution < -0.4 is 4.74 Å². The predicted octanol–water partition coefficient (Wildman–Crippen LogP) is 2.45. The summed E-state index contributed by atoms with van der Waals surface area (Å²) in [6.07, 6.45) is 0. The first kappa shape index (κ1) is 16.4. The molecular weight excluding hydrogens is 264 g/mol. The van der Waals surface area contributed by atoms with Crippen LogP contribution in [-0.4, -0.2) is 37.1 Å². The number of hydrogen-bond acceptors (Lipinski definition) is 5. The van der Waals surface area contributed by atoms with Crippen LogP contribution in [0.1, 0.15) is 19.4 Å². The van der Waals surface area contributed by atoms with E-state index >= 15 is 0 Å². The molecule has 0 saturated carbocycles. The van der Waals surface area contributed by atoms with Crippen LogP contribution in [0.3, 0.4) is 0 Å². The number of methoxy groups -OCH3 is 1. The topological polar surface area (TPSA) is 70.8 Å². The Morgan fingerprint density at radius 3 is 2.30 bits per heavy atom. The van der Waals surface area contributed by atoms with E-state index in [0.29, 0.717) is 19.8 Å². The highest BCUT2D eigenvalue weighted by atomic mass is 17.0. The zero-order valence-corrected chi connectivity index (χ0v) is 12.3. The van der Waals surface area contributed by atoms with Gasteiger partial charge in [0.2, 0.25) is 0 Å². The van der Waals surface area contributed by atoms with Gasteiger partial charge in [0.25, 0.3) is 0 Å². The maximum atomic E-state index is 11.0. The van der Waals surface area contributed by atoms with Gasteiger partial charge in [-0.2, -0.15) is 9.68 Å². The Bertz CT molecular complexity index is 458. The molecule has 0 saturated heterocycles. The quantitative estimate of drug-likeness (QED) is 0.417. The number of nitro benzene ring substituents is 1. The molecule has 0 amide bonds. The molecule has 7 nitrogen and oxygen atoms in total. The van der Waals surface area contributed by atoms with Crippen molar-refractivity contribution in [2.45, 2.75) is 20.4 Å². The van der Waals surface area contributed by atoms with Crippen molar-refractivity contribution >= 4 is 5.69 Å². The van der Waals surface area contributed by atoms with Gasteiger partial charge < -0.3 is 4.74 Å². The van der Waals surface area contributed by atoms with E-state index < -0.39 is 4.92 Å². The van der Waals surface area contributed by atoms with Gasteiger partial charge in [-0.1, -0.05) is 0 Å². The van der Waals surface area contributed by atoms with E-state index in [1.165, 1.54) is 13.2 Å². The van der Waals surface area contributed by atoms with E-state index in [4.69, 9.17) is 14.4 Å². The highest BCUT2D eigenvalue weighted by Crippen LogP contribution is 2.28. The second kappa shape index (κ2) is 7.18. The zero-order chi connectivity index (χ0) is 15.2. The number of hydroxylamine groups is 4. The fourth-order valence-corrected chi connectivity index (χ4v) is 1.98. The molecule has 0 aliphatic rings. The third kappa shape index (κ3) is 4.16. The first-order valence-corrected chi connectivity index (χ1v) is 6.41. The molecule has 0 atom stereocenters. The lowest BCUT2D eigenvalue weighted by atomic mass is 10.2. The van der Waals surface area contributed by atoms with Crippen LogP contribution in [0.5, 0.6) is 5.75 Å². The minimum Gasteiger partial charge on any atom is -0.490 e. The van der Waals surface area contributed by atoms with E-state index in [1.807, 2.05) is 13.8 Å². The number of benzene rings is 1. The normalized spacial score (nSPS) is 11.4. The number of nitro groups is 1.